The number of halogens is 4. The molecule has 0 unspecified atom stereocenters. The Labute approximate surface area is 89.1 Å². The van der Waals surface area contributed by atoms with Gasteiger partial charge in [0.1, 0.15) is 0 Å². The van der Waals surface area contributed by atoms with Gasteiger partial charge in [-0.2, -0.15) is 18.4 Å². The van der Waals surface area contributed by atoms with E-state index in [0.29, 0.717) is 0 Å². The highest BCUT2D eigenvalue weighted by Crippen LogP contribution is 2.22. The second kappa shape index (κ2) is 4.84. The third-order valence-electron chi connectivity index (χ3n) is 1.70. The summed E-state index contributed by atoms with van der Waals surface area (Å²) in [7, 11) is 0. The van der Waals surface area contributed by atoms with Crippen molar-refractivity contribution in [2.24, 2.45) is 0 Å². The Morgan fingerprint density at radius 3 is 2.50 bits per heavy atom. The van der Waals surface area contributed by atoms with Gasteiger partial charge in [0.25, 0.3) is 0 Å². The van der Waals surface area contributed by atoms with Crippen molar-refractivity contribution in [2.45, 2.75) is 12.6 Å². The molecule has 6 heteroatoms. The first-order valence-electron chi connectivity index (χ1n) is 4.31. The van der Waals surface area contributed by atoms with E-state index in [4.69, 9.17) is 5.26 Å². The van der Waals surface area contributed by atoms with Crippen LogP contribution in [0.1, 0.15) is 12.0 Å². The minimum absolute atomic E-state index is 0.0840. The molecule has 1 rings (SSSR count). The lowest BCUT2D eigenvalue weighted by atomic mass is 10.2. The lowest BCUT2D eigenvalue weighted by Gasteiger charge is -2.09. The maximum Gasteiger partial charge on any atom is 0.392 e. The summed E-state index contributed by atoms with van der Waals surface area (Å²) in [5.41, 5.74) is 0.0840. The molecule has 1 aromatic carbocycles. The Balaban J connectivity index is 2.59. The summed E-state index contributed by atoms with van der Waals surface area (Å²) < 4.78 is 53.0. The van der Waals surface area contributed by atoms with Gasteiger partial charge in [0.05, 0.1) is 24.7 Å². The molecule has 86 valence electrons. The van der Waals surface area contributed by atoms with Crippen molar-refractivity contribution >= 4 is 0 Å². The predicted octanol–water partition coefficient (Wildman–Crippen LogP) is 3.03. The van der Waals surface area contributed by atoms with Gasteiger partial charge in [0.15, 0.2) is 11.6 Å². The largest absolute Gasteiger partial charge is 0.490 e. The van der Waals surface area contributed by atoms with Crippen LogP contribution < -0.4 is 4.74 Å². The SMILES string of the molecule is N#Cc1ccc(OCCC(F)(F)F)c(F)c1. The van der Waals surface area contributed by atoms with E-state index in [1.54, 1.807) is 6.07 Å². The van der Waals surface area contributed by atoms with E-state index in [-0.39, 0.29) is 11.3 Å². The van der Waals surface area contributed by atoms with Crippen molar-refractivity contribution in [1.29, 1.82) is 5.26 Å². The molecule has 0 saturated carbocycles. The van der Waals surface area contributed by atoms with Crippen molar-refractivity contribution < 1.29 is 22.3 Å². The first-order valence-corrected chi connectivity index (χ1v) is 4.31. The highest BCUT2D eigenvalue weighted by atomic mass is 19.4. The van der Waals surface area contributed by atoms with Crippen molar-refractivity contribution in [3.63, 3.8) is 0 Å². The van der Waals surface area contributed by atoms with Crippen molar-refractivity contribution in [3.05, 3.63) is 29.6 Å². The molecule has 0 aliphatic rings. The fourth-order valence-corrected chi connectivity index (χ4v) is 0.964. The van der Waals surface area contributed by atoms with E-state index < -0.39 is 25.0 Å². The van der Waals surface area contributed by atoms with Crippen molar-refractivity contribution in [1.82, 2.24) is 0 Å². The lowest BCUT2D eigenvalue weighted by molar-refractivity contribution is -0.139. The van der Waals surface area contributed by atoms with E-state index in [0.717, 1.165) is 12.1 Å². The summed E-state index contributed by atoms with van der Waals surface area (Å²) in [5, 5.41) is 8.43. The normalized spacial score (nSPS) is 10.9. The molecule has 0 bridgehead atoms. The number of benzene rings is 1. The topological polar surface area (TPSA) is 33.0 Å². The maximum absolute atomic E-state index is 13.1. The fraction of sp³-hybridized carbons (Fsp3) is 0.300. The quantitative estimate of drug-likeness (QED) is 0.752. The van der Waals surface area contributed by atoms with Crippen LogP contribution in [0.3, 0.4) is 0 Å². The molecule has 0 aliphatic carbocycles. The second-order valence-corrected chi connectivity index (χ2v) is 2.97. The number of nitrogens with zero attached hydrogens (tertiary/aromatic N) is 1. The van der Waals surface area contributed by atoms with Crippen LogP contribution in [0.5, 0.6) is 5.75 Å². The van der Waals surface area contributed by atoms with Gasteiger partial charge in [-0.25, -0.2) is 4.39 Å². The minimum Gasteiger partial charge on any atom is -0.490 e. The molecule has 16 heavy (non-hydrogen) atoms. The van der Waals surface area contributed by atoms with Crippen LogP contribution in [0.4, 0.5) is 17.6 Å². The van der Waals surface area contributed by atoms with E-state index in [1.807, 2.05) is 0 Å². The van der Waals surface area contributed by atoms with Gasteiger partial charge in [-0.15, -0.1) is 0 Å². The van der Waals surface area contributed by atoms with E-state index in [1.165, 1.54) is 6.07 Å². The van der Waals surface area contributed by atoms with Crippen molar-refractivity contribution in [2.75, 3.05) is 6.61 Å². The second-order valence-electron chi connectivity index (χ2n) is 2.97. The zero-order valence-corrected chi connectivity index (χ0v) is 8.01. The Kier molecular flexibility index (Phi) is 3.72. The van der Waals surface area contributed by atoms with Gasteiger partial charge in [-0.1, -0.05) is 0 Å². The summed E-state index contributed by atoms with van der Waals surface area (Å²) in [6.07, 6.45) is -5.48. The number of nitriles is 1. The summed E-state index contributed by atoms with van der Waals surface area (Å²) >= 11 is 0. The van der Waals surface area contributed by atoms with Crippen LogP contribution in [0.25, 0.3) is 0 Å². The number of hydrogen-bond acceptors (Lipinski definition) is 2. The molecule has 2 nitrogen and oxygen atoms in total. The monoisotopic (exact) mass is 233 g/mol. The summed E-state index contributed by atoms with van der Waals surface area (Å²) in [5.74, 6) is -1.13. The first-order chi connectivity index (χ1) is 7.42. The summed E-state index contributed by atoms with van der Waals surface area (Å²) in [6, 6.07) is 5.00. The van der Waals surface area contributed by atoms with Gasteiger partial charge in [0.2, 0.25) is 0 Å². The minimum atomic E-state index is -4.33. The average molecular weight is 233 g/mol. The maximum atomic E-state index is 13.1. The molecule has 0 aliphatic heterocycles. The molecular formula is C10H7F4NO. The van der Waals surface area contributed by atoms with Gasteiger partial charge < -0.3 is 4.74 Å². The fourth-order valence-electron chi connectivity index (χ4n) is 0.964. The van der Waals surface area contributed by atoms with Crippen LogP contribution in [-0.4, -0.2) is 12.8 Å². The molecule has 0 aromatic heterocycles. The number of hydrogen-bond donors (Lipinski definition) is 0. The van der Waals surface area contributed by atoms with Crippen LogP contribution in [-0.2, 0) is 0 Å². The molecule has 0 N–H and O–H groups in total. The smallest absolute Gasteiger partial charge is 0.392 e. The van der Waals surface area contributed by atoms with Crippen molar-refractivity contribution in [3.8, 4) is 11.8 Å². The van der Waals surface area contributed by atoms with Gasteiger partial charge >= 0.3 is 6.18 Å². The summed E-state index contributed by atoms with van der Waals surface area (Å²) in [6.45, 7) is -0.647. The lowest BCUT2D eigenvalue weighted by Crippen LogP contribution is -2.13. The Morgan fingerprint density at radius 2 is 2.00 bits per heavy atom. The standard InChI is InChI=1S/C10H7F4NO/c11-8-5-7(6-15)1-2-9(8)16-4-3-10(12,13)14/h1-2,5H,3-4H2. The van der Waals surface area contributed by atoms with Crippen LogP contribution in [0.15, 0.2) is 18.2 Å². The molecule has 0 spiro atoms. The number of rotatable bonds is 3. The van der Waals surface area contributed by atoms with Gasteiger partial charge in [0, 0.05) is 0 Å². The first kappa shape index (κ1) is 12.3. The Morgan fingerprint density at radius 1 is 1.31 bits per heavy atom. The van der Waals surface area contributed by atoms with E-state index in [2.05, 4.69) is 4.74 Å². The molecule has 0 amide bonds. The Hall–Kier alpha value is -1.77. The number of ether oxygens (including phenoxy) is 1. The zero-order valence-electron chi connectivity index (χ0n) is 8.01. The summed E-state index contributed by atoms with van der Waals surface area (Å²) in [4.78, 5) is 0. The third-order valence-corrected chi connectivity index (χ3v) is 1.70. The van der Waals surface area contributed by atoms with Gasteiger partial charge in [-0.3, -0.25) is 0 Å². The highest BCUT2D eigenvalue weighted by Gasteiger charge is 2.27. The predicted molar refractivity (Wildman–Crippen MR) is 47.3 cm³/mol. The molecule has 0 radical (unpaired) electrons. The van der Waals surface area contributed by atoms with Gasteiger partial charge in [-0.05, 0) is 18.2 Å². The molecule has 0 saturated heterocycles. The molecular weight excluding hydrogens is 226 g/mol. The third kappa shape index (κ3) is 3.77. The van der Waals surface area contributed by atoms with E-state index in [9.17, 15) is 17.6 Å². The van der Waals surface area contributed by atoms with E-state index >= 15 is 0 Å². The molecule has 0 heterocycles. The van der Waals surface area contributed by atoms with Crippen LogP contribution >= 0.6 is 0 Å². The van der Waals surface area contributed by atoms with Crippen LogP contribution in [0, 0.1) is 17.1 Å². The highest BCUT2D eigenvalue weighted by molar-refractivity contribution is 5.35. The average Bonchev–Trinajstić information content (AvgIpc) is 2.18. The molecule has 0 atom stereocenters. The Bertz CT molecular complexity index is 408. The molecule has 0 fully saturated rings. The van der Waals surface area contributed by atoms with Crippen LogP contribution in [0.2, 0.25) is 0 Å². The molecule has 1 aromatic rings. The number of alkyl halides is 3. The zero-order chi connectivity index (χ0) is 12.2.